The Balaban J connectivity index is 1.37. The van der Waals surface area contributed by atoms with Crippen LogP contribution < -0.4 is 0 Å². The lowest BCUT2D eigenvalue weighted by molar-refractivity contribution is 0.0450. The molecule has 0 aromatic carbocycles. The fraction of sp³-hybridized carbons (Fsp3) is 0.579. The van der Waals surface area contributed by atoms with Gasteiger partial charge < -0.3 is 4.74 Å². The largest absolute Gasteiger partial charge is 0.379 e. The monoisotopic (exact) mass is 326 g/mol. The third-order valence-corrected chi connectivity index (χ3v) is 5.22. The lowest BCUT2D eigenvalue weighted by Gasteiger charge is -2.34. The lowest BCUT2D eigenvalue weighted by atomic mass is 10.1. The second-order valence-electron chi connectivity index (χ2n) is 7.14. The van der Waals surface area contributed by atoms with Gasteiger partial charge in [-0.05, 0) is 36.5 Å². The summed E-state index contributed by atoms with van der Waals surface area (Å²) in [6.07, 6.45) is 11.1. The van der Waals surface area contributed by atoms with Gasteiger partial charge in [-0.2, -0.15) is 5.10 Å². The number of hydrogen-bond acceptors (Lipinski definition) is 4. The summed E-state index contributed by atoms with van der Waals surface area (Å²) in [4.78, 5) is 6.70. The molecule has 1 fully saturated rings. The summed E-state index contributed by atoms with van der Waals surface area (Å²) >= 11 is 0. The van der Waals surface area contributed by atoms with Crippen LogP contribution in [0.25, 0.3) is 0 Å². The van der Waals surface area contributed by atoms with Crippen LogP contribution in [0.5, 0.6) is 0 Å². The molecule has 2 aromatic rings. The average Bonchev–Trinajstić information content (AvgIpc) is 3.27. The van der Waals surface area contributed by atoms with Crippen molar-refractivity contribution < 1.29 is 4.74 Å². The maximum absolute atomic E-state index is 6.08. The number of ether oxygens (including phenoxy) is 1. The summed E-state index contributed by atoms with van der Waals surface area (Å²) in [5.41, 5.74) is 2.54. The van der Waals surface area contributed by atoms with E-state index in [0.717, 1.165) is 38.8 Å². The molecule has 0 N–H and O–H groups in total. The molecule has 2 aromatic heterocycles. The maximum atomic E-state index is 6.08. The molecule has 0 bridgehead atoms. The Morgan fingerprint density at radius 1 is 1.12 bits per heavy atom. The van der Waals surface area contributed by atoms with Gasteiger partial charge >= 0.3 is 0 Å². The van der Waals surface area contributed by atoms with E-state index in [0.29, 0.717) is 6.04 Å². The molecule has 1 saturated carbocycles. The van der Waals surface area contributed by atoms with Gasteiger partial charge in [-0.3, -0.25) is 14.6 Å². The van der Waals surface area contributed by atoms with E-state index < -0.39 is 0 Å². The molecule has 1 atom stereocenters. The third kappa shape index (κ3) is 3.68. The predicted octanol–water partition coefficient (Wildman–Crippen LogP) is 3.04. The summed E-state index contributed by atoms with van der Waals surface area (Å²) in [5, 5.41) is 4.53. The Kier molecular flexibility index (Phi) is 4.90. The van der Waals surface area contributed by atoms with E-state index in [1.54, 1.807) is 0 Å². The summed E-state index contributed by atoms with van der Waals surface area (Å²) in [5.74, 6) is 0.775. The zero-order valence-electron chi connectivity index (χ0n) is 14.2. The van der Waals surface area contributed by atoms with Crippen molar-refractivity contribution in [2.24, 2.45) is 5.92 Å². The summed E-state index contributed by atoms with van der Waals surface area (Å²) in [6.45, 7) is 4.52. The third-order valence-electron chi connectivity index (χ3n) is 5.22. The molecule has 0 saturated heterocycles. The SMILES string of the molecule is c1cncc(CN2Cc3ccnn3C(COCC3CCCC3)C2)c1. The molecule has 1 unspecified atom stereocenters. The van der Waals surface area contributed by atoms with E-state index in [1.165, 1.54) is 36.9 Å². The first kappa shape index (κ1) is 15.8. The van der Waals surface area contributed by atoms with Crippen molar-refractivity contribution in [2.75, 3.05) is 19.8 Å². The van der Waals surface area contributed by atoms with Crippen LogP contribution in [0.2, 0.25) is 0 Å². The molecule has 2 aliphatic rings. The summed E-state index contributed by atoms with van der Waals surface area (Å²) < 4.78 is 8.24. The number of hydrogen-bond donors (Lipinski definition) is 0. The van der Waals surface area contributed by atoms with Gasteiger partial charge in [0, 0.05) is 44.8 Å². The molecule has 0 radical (unpaired) electrons. The Hall–Kier alpha value is -1.72. The van der Waals surface area contributed by atoms with Crippen molar-refractivity contribution >= 4 is 0 Å². The molecule has 4 rings (SSSR count). The van der Waals surface area contributed by atoms with Crippen molar-refractivity contribution in [2.45, 2.75) is 44.8 Å². The smallest absolute Gasteiger partial charge is 0.0883 e. The molecule has 1 aliphatic carbocycles. The van der Waals surface area contributed by atoms with Crippen LogP contribution in [0.1, 0.15) is 43.0 Å². The minimum absolute atomic E-state index is 0.307. The van der Waals surface area contributed by atoms with E-state index >= 15 is 0 Å². The highest BCUT2D eigenvalue weighted by molar-refractivity contribution is 5.11. The van der Waals surface area contributed by atoms with E-state index in [9.17, 15) is 0 Å². The van der Waals surface area contributed by atoms with Crippen molar-refractivity contribution in [1.29, 1.82) is 0 Å². The number of rotatable bonds is 6. The van der Waals surface area contributed by atoms with Crippen molar-refractivity contribution in [3.63, 3.8) is 0 Å². The van der Waals surface area contributed by atoms with Gasteiger partial charge in [0.25, 0.3) is 0 Å². The van der Waals surface area contributed by atoms with Crippen LogP contribution in [0.15, 0.2) is 36.8 Å². The van der Waals surface area contributed by atoms with Gasteiger partial charge in [-0.15, -0.1) is 0 Å². The molecule has 3 heterocycles. The Bertz CT molecular complexity index is 636. The zero-order chi connectivity index (χ0) is 16.2. The van der Waals surface area contributed by atoms with Gasteiger partial charge in [0.05, 0.1) is 18.3 Å². The van der Waals surface area contributed by atoms with E-state index in [4.69, 9.17) is 4.74 Å². The van der Waals surface area contributed by atoms with E-state index in [-0.39, 0.29) is 0 Å². The number of nitrogens with zero attached hydrogens (tertiary/aromatic N) is 4. The Morgan fingerprint density at radius 3 is 2.88 bits per heavy atom. The molecule has 5 nitrogen and oxygen atoms in total. The second kappa shape index (κ2) is 7.45. The van der Waals surface area contributed by atoms with Gasteiger partial charge in [0.1, 0.15) is 0 Å². The first-order valence-electron chi connectivity index (χ1n) is 9.10. The fourth-order valence-corrected chi connectivity index (χ4v) is 4.01. The van der Waals surface area contributed by atoms with E-state index in [2.05, 4.69) is 31.8 Å². The fourth-order valence-electron chi connectivity index (χ4n) is 4.01. The minimum atomic E-state index is 0.307. The lowest BCUT2D eigenvalue weighted by Crippen LogP contribution is -2.39. The normalized spacial score (nSPS) is 21.9. The van der Waals surface area contributed by atoms with Crippen LogP contribution in [-0.4, -0.2) is 39.4 Å². The molecular weight excluding hydrogens is 300 g/mol. The topological polar surface area (TPSA) is 43.2 Å². The predicted molar refractivity (Wildman–Crippen MR) is 92.4 cm³/mol. The van der Waals surface area contributed by atoms with Gasteiger partial charge in [0.15, 0.2) is 0 Å². The molecular formula is C19H26N4O. The highest BCUT2D eigenvalue weighted by Crippen LogP contribution is 2.26. The first-order valence-corrected chi connectivity index (χ1v) is 9.10. The van der Waals surface area contributed by atoms with Gasteiger partial charge in [0.2, 0.25) is 0 Å². The van der Waals surface area contributed by atoms with Crippen molar-refractivity contribution in [3.05, 3.63) is 48.0 Å². The molecule has 5 heteroatoms. The van der Waals surface area contributed by atoms with Crippen LogP contribution in [-0.2, 0) is 17.8 Å². The minimum Gasteiger partial charge on any atom is -0.379 e. The number of pyridine rings is 1. The molecule has 24 heavy (non-hydrogen) atoms. The average molecular weight is 326 g/mol. The number of aromatic nitrogens is 3. The Morgan fingerprint density at radius 2 is 2.04 bits per heavy atom. The van der Waals surface area contributed by atoms with Gasteiger partial charge in [-0.1, -0.05) is 18.9 Å². The molecule has 1 aliphatic heterocycles. The zero-order valence-corrected chi connectivity index (χ0v) is 14.2. The van der Waals surface area contributed by atoms with Crippen LogP contribution in [0.3, 0.4) is 0 Å². The van der Waals surface area contributed by atoms with Crippen molar-refractivity contribution in [3.8, 4) is 0 Å². The standard InChI is InChI=1S/C19H26N4O/c1-2-5-16(4-1)14-24-15-19-13-22(11-17-6-3-8-20-10-17)12-18-7-9-21-23(18)19/h3,6-10,16,19H,1-2,4-5,11-15H2. The second-order valence-corrected chi connectivity index (χ2v) is 7.14. The van der Waals surface area contributed by atoms with E-state index in [1.807, 2.05) is 24.7 Å². The number of fused-ring (bicyclic) bond motifs is 1. The van der Waals surface area contributed by atoms with Crippen LogP contribution in [0.4, 0.5) is 0 Å². The summed E-state index contributed by atoms with van der Waals surface area (Å²) in [7, 11) is 0. The van der Waals surface area contributed by atoms with Crippen molar-refractivity contribution in [1.82, 2.24) is 19.7 Å². The highest BCUT2D eigenvalue weighted by Gasteiger charge is 2.26. The maximum Gasteiger partial charge on any atom is 0.0883 e. The highest BCUT2D eigenvalue weighted by atomic mass is 16.5. The molecule has 0 amide bonds. The first-order chi connectivity index (χ1) is 11.9. The molecule has 128 valence electrons. The molecule has 0 spiro atoms. The summed E-state index contributed by atoms with van der Waals surface area (Å²) in [6, 6.07) is 6.58. The Labute approximate surface area is 143 Å². The van der Waals surface area contributed by atoms with Gasteiger partial charge in [-0.25, -0.2) is 0 Å². The van der Waals surface area contributed by atoms with Crippen LogP contribution >= 0.6 is 0 Å². The quantitative estimate of drug-likeness (QED) is 0.818. The van der Waals surface area contributed by atoms with Crippen LogP contribution in [0, 0.1) is 5.92 Å².